The van der Waals surface area contributed by atoms with E-state index in [0.717, 1.165) is 19.6 Å². The second kappa shape index (κ2) is 5.04. The molecule has 1 aliphatic rings. The van der Waals surface area contributed by atoms with Crippen LogP contribution < -0.4 is 5.32 Å². The summed E-state index contributed by atoms with van der Waals surface area (Å²) in [5.74, 6) is 0. The summed E-state index contributed by atoms with van der Waals surface area (Å²) < 4.78 is 0. The monoisotopic (exact) mass is 241 g/mol. The van der Waals surface area contributed by atoms with Crippen molar-refractivity contribution in [3.63, 3.8) is 0 Å². The molecule has 0 radical (unpaired) electrons. The smallest absolute Gasteiger partial charge is 0.0346 e. The van der Waals surface area contributed by atoms with Gasteiger partial charge in [0.15, 0.2) is 0 Å². The van der Waals surface area contributed by atoms with Gasteiger partial charge in [-0.3, -0.25) is 9.88 Å². The molecular formula is C15H19N3. The fourth-order valence-electron chi connectivity index (χ4n) is 2.72. The van der Waals surface area contributed by atoms with Gasteiger partial charge in [0.25, 0.3) is 0 Å². The summed E-state index contributed by atoms with van der Waals surface area (Å²) in [7, 11) is 2.21. The molecule has 1 fully saturated rings. The van der Waals surface area contributed by atoms with Crippen LogP contribution in [0.1, 0.15) is 12.0 Å². The van der Waals surface area contributed by atoms with Gasteiger partial charge in [-0.15, -0.1) is 0 Å². The molecule has 3 nitrogen and oxygen atoms in total. The van der Waals surface area contributed by atoms with Gasteiger partial charge in [-0.1, -0.05) is 24.3 Å². The van der Waals surface area contributed by atoms with Crippen LogP contribution in [0, 0.1) is 0 Å². The summed E-state index contributed by atoms with van der Waals surface area (Å²) in [5, 5.41) is 5.97. The Morgan fingerprint density at radius 2 is 2.22 bits per heavy atom. The van der Waals surface area contributed by atoms with Crippen LogP contribution in [0.3, 0.4) is 0 Å². The maximum absolute atomic E-state index is 4.35. The van der Waals surface area contributed by atoms with E-state index in [1.807, 2.05) is 12.4 Å². The normalized spacial score (nSPS) is 19.8. The van der Waals surface area contributed by atoms with Crippen molar-refractivity contribution in [2.75, 3.05) is 20.1 Å². The van der Waals surface area contributed by atoms with E-state index >= 15 is 0 Å². The van der Waals surface area contributed by atoms with Gasteiger partial charge in [0.05, 0.1) is 0 Å². The highest BCUT2D eigenvalue weighted by molar-refractivity contribution is 5.84. The molecule has 1 aromatic carbocycles. The quantitative estimate of drug-likeness (QED) is 0.891. The Hall–Kier alpha value is -1.45. The maximum atomic E-state index is 4.35. The Bertz CT molecular complexity index is 527. The van der Waals surface area contributed by atoms with Crippen LogP contribution in [-0.4, -0.2) is 36.1 Å². The molecule has 0 aliphatic carbocycles. The van der Waals surface area contributed by atoms with Crippen molar-refractivity contribution in [3.8, 4) is 0 Å². The predicted molar refractivity (Wildman–Crippen MR) is 74.5 cm³/mol. The van der Waals surface area contributed by atoms with Gasteiger partial charge in [0.1, 0.15) is 0 Å². The number of nitrogens with zero attached hydrogens (tertiary/aromatic N) is 2. The van der Waals surface area contributed by atoms with Crippen LogP contribution in [0.4, 0.5) is 0 Å². The number of pyridine rings is 1. The average molecular weight is 241 g/mol. The first-order chi connectivity index (χ1) is 8.84. The minimum Gasteiger partial charge on any atom is -0.315 e. The highest BCUT2D eigenvalue weighted by atomic mass is 15.2. The number of fused-ring (bicyclic) bond motifs is 1. The Morgan fingerprint density at radius 3 is 3.06 bits per heavy atom. The Labute approximate surface area is 108 Å². The predicted octanol–water partition coefficient (Wildman–Crippen LogP) is 2.03. The minimum absolute atomic E-state index is 0.656. The van der Waals surface area contributed by atoms with Crippen LogP contribution in [0.2, 0.25) is 0 Å². The van der Waals surface area contributed by atoms with Crippen LogP contribution in [0.25, 0.3) is 10.8 Å². The standard InChI is InChI=1S/C15H19N3/c1-18(14-6-7-16-10-14)11-13-9-17-8-12-4-2-3-5-15(12)13/h2-5,8-9,14,16H,6-7,10-11H2,1H3. The SMILES string of the molecule is CN(Cc1cncc2ccccc12)C1CCNC1. The van der Waals surface area contributed by atoms with Crippen molar-refractivity contribution in [1.82, 2.24) is 15.2 Å². The summed E-state index contributed by atoms with van der Waals surface area (Å²) in [4.78, 5) is 6.78. The molecule has 0 spiro atoms. The van der Waals surface area contributed by atoms with E-state index in [9.17, 15) is 0 Å². The number of hydrogen-bond donors (Lipinski definition) is 1. The summed E-state index contributed by atoms with van der Waals surface area (Å²) >= 11 is 0. The Morgan fingerprint density at radius 1 is 1.33 bits per heavy atom. The number of hydrogen-bond acceptors (Lipinski definition) is 3. The number of benzene rings is 1. The van der Waals surface area contributed by atoms with Gasteiger partial charge in [0.2, 0.25) is 0 Å². The van der Waals surface area contributed by atoms with E-state index in [4.69, 9.17) is 0 Å². The lowest BCUT2D eigenvalue weighted by Gasteiger charge is -2.23. The van der Waals surface area contributed by atoms with Crippen LogP contribution in [0.5, 0.6) is 0 Å². The highest BCUT2D eigenvalue weighted by Crippen LogP contribution is 2.19. The van der Waals surface area contributed by atoms with E-state index in [-0.39, 0.29) is 0 Å². The van der Waals surface area contributed by atoms with Gasteiger partial charge in [-0.2, -0.15) is 0 Å². The van der Waals surface area contributed by atoms with Crippen molar-refractivity contribution in [2.24, 2.45) is 0 Å². The first kappa shape index (κ1) is 11.6. The Balaban J connectivity index is 1.85. The second-order valence-electron chi connectivity index (χ2n) is 5.08. The summed E-state index contributed by atoms with van der Waals surface area (Å²) in [6, 6.07) is 9.14. The number of rotatable bonds is 3. The zero-order chi connectivity index (χ0) is 12.4. The molecule has 94 valence electrons. The molecule has 2 aromatic rings. The largest absolute Gasteiger partial charge is 0.315 e. The summed E-state index contributed by atoms with van der Waals surface area (Å²) in [6.45, 7) is 3.22. The molecule has 1 atom stereocenters. The van der Waals surface area contributed by atoms with Gasteiger partial charge in [-0.25, -0.2) is 0 Å². The van der Waals surface area contributed by atoms with Crippen molar-refractivity contribution in [3.05, 3.63) is 42.2 Å². The topological polar surface area (TPSA) is 28.2 Å². The summed E-state index contributed by atoms with van der Waals surface area (Å²) in [6.07, 6.45) is 5.19. The van der Waals surface area contributed by atoms with Gasteiger partial charge < -0.3 is 5.32 Å². The third-order valence-corrected chi connectivity index (χ3v) is 3.83. The van der Waals surface area contributed by atoms with E-state index in [2.05, 4.69) is 46.5 Å². The molecule has 0 amide bonds. The fourth-order valence-corrected chi connectivity index (χ4v) is 2.72. The van der Waals surface area contributed by atoms with E-state index in [1.54, 1.807) is 0 Å². The molecule has 1 unspecified atom stereocenters. The minimum atomic E-state index is 0.656. The van der Waals surface area contributed by atoms with Gasteiger partial charge in [-0.05, 0) is 31.0 Å². The van der Waals surface area contributed by atoms with Crippen molar-refractivity contribution in [2.45, 2.75) is 19.0 Å². The third-order valence-electron chi connectivity index (χ3n) is 3.83. The van der Waals surface area contributed by atoms with Crippen LogP contribution in [-0.2, 0) is 6.54 Å². The summed E-state index contributed by atoms with van der Waals surface area (Å²) in [5.41, 5.74) is 1.32. The molecule has 3 rings (SSSR count). The van der Waals surface area contributed by atoms with Gasteiger partial charge >= 0.3 is 0 Å². The lowest BCUT2D eigenvalue weighted by Crippen LogP contribution is -2.32. The van der Waals surface area contributed by atoms with E-state index in [1.165, 1.54) is 22.8 Å². The number of aromatic nitrogens is 1. The maximum Gasteiger partial charge on any atom is 0.0346 e. The van der Waals surface area contributed by atoms with E-state index in [0.29, 0.717) is 6.04 Å². The molecule has 1 aliphatic heterocycles. The van der Waals surface area contributed by atoms with Crippen molar-refractivity contribution in [1.29, 1.82) is 0 Å². The third kappa shape index (κ3) is 2.24. The molecule has 0 saturated carbocycles. The zero-order valence-corrected chi connectivity index (χ0v) is 10.8. The van der Waals surface area contributed by atoms with Crippen LogP contribution in [0.15, 0.2) is 36.7 Å². The number of nitrogens with one attached hydrogen (secondary N) is 1. The van der Waals surface area contributed by atoms with Gasteiger partial charge in [0, 0.05) is 36.9 Å². The first-order valence-corrected chi connectivity index (χ1v) is 6.57. The second-order valence-corrected chi connectivity index (χ2v) is 5.08. The average Bonchev–Trinajstić information content (AvgIpc) is 2.93. The molecule has 0 bridgehead atoms. The first-order valence-electron chi connectivity index (χ1n) is 6.57. The molecule has 1 aromatic heterocycles. The van der Waals surface area contributed by atoms with Crippen molar-refractivity contribution < 1.29 is 0 Å². The molecule has 1 N–H and O–H groups in total. The molecule has 1 saturated heterocycles. The lowest BCUT2D eigenvalue weighted by atomic mass is 10.1. The molecule has 2 heterocycles. The zero-order valence-electron chi connectivity index (χ0n) is 10.8. The van der Waals surface area contributed by atoms with Crippen molar-refractivity contribution >= 4 is 10.8 Å². The lowest BCUT2D eigenvalue weighted by molar-refractivity contribution is 0.249. The highest BCUT2D eigenvalue weighted by Gasteiger charge is 2.19. The number of likely N-dealkylation sites (N-methyl/N-ethyl adjacent to an activating group) is 1. The van der Waals surface area contributed by atoms with Crippen LogP contribution >= 0.6 is 0 Å². The molecule has 18 heavy (non-hydrogen) atoms. The van der Waals surface area contributed by atoms with E-state index < -0.39 is 0 Å². The Kier molecular flexibility index (Phi) is 3.26. The molecule has 3 heteroatoms. The fraction of sp³-hybridized carbons (Fsp3) is 0.400. The molecular weight excluding hydrogens is 222 g/mol.